The average molecular weight is 286 g/mol. The van der Waals surface area contributed by atoms with Crippen LogP contribution in [-0.2, 0) is 9.47 Å². The SMILES string of the molecule is COCCOCC1CCN(c2cc(Cl)nc(C)n2)C1. The van der Waals surface area contributed by atoms with Crippen molar-refractivity contribution in [3.63, 3.8) is 0 Å². The van der Waals surface area contributed by atoms with Gasteiger partial charge < -0.3 is 14.4 Å². The summed E-state index contributed by atoms with van der Waals surface area (Å²) in [6.45, 7) is 5.89. The lowest BCUT2D eigenvalue weighted by atomic mass is 10.1. The maximum atomic E-state index is 5.97. The lowest BCUT2D eigenvalue weighted by molar-refractivity contribution is 0.0549. The van der Waals surface area contributed by atoms with Crippen molar-refractivity contribution in [1.82, 2.24) is 9.97 Å². The zero-order valence-electron chi connectivity index (χ0n) is 11.4. The van der Waals surface area contributed by atoms with Crippen LogP contribution in [0.25, 0.3) is 0 Å². The monoisotopic (exact) mass is 285 g/mol. The molecule has 0 amide bonds. The second-order valence-corrected chi connectivity index (χ2v) is 5.15. The number of aromatic nitrogens is 2. The first-order valence-corrected chi connectivity index (χ1v) is 6.89. The van der Waals surface area contributed by atoms with Crippen molar-refractivity contribution < 1.29 is 9.47 Å². The van der Waals surface area contributed by atoms with Crippen LogP contribution in [0.3, 0.4) is 0 Å². The van der Waals surface area contributed by atoms with Crippen molar-refractivity contribution >= 4 is 17.4 Å². The molecule has 2 heterocycles. The minimum atomic E-state index is 0.502. The quantitative estimate of drug-likeness (QED) is 0.590. The second kappa shape index (κ2) is 7.03. The third kappa shape index (κ3) is 4.30. The molecular formula is C13H20ClN3O2. The number of hydrogen-bond donors (Lipinski definition) is 0. The molecule has 6 heteroatoms. The highest BCUT2D eigenvalue weighted by Gasteiger charge is 2.24. The number of anilines is 1. The number of rotatable bonds is 6. The molecule has 1 aromatic heterocycles. The molecule has 5 nitrogen and oxygen atoms in total. The highest BCUT2D eigenvalue weighted by Crippen LogP contribution is 2.24. The Morgan fingerprint density at radius 3 is 3.00 bits per heavy atom. The smallest absolute Gasteiger partial charge is 0.134 e. The molecule has 0 radical (unpaired) electrons. The zero-order valence-corrected chi connectivity index (χ0v) is 12.2. The summed E-state index contributed by atoms with van der Waals surface area (Å²) >= 11 is 5.97. The van der Waals surface area contributed by atoms with Crippen LogP contribution >= 0.6 is 11.6 Å². The molecule has 1 aromatic rings. The van der Waals surface area contributed by atoms with E-state index in [-0.39, 0.29) is 0 Å². The van der Waals surface area contributed by atoms with E-state index in [1.165, 1.54) is 0 Å². The van der Waals surface area contributed by atoms with Gasteiger partial charge in [0.05, 0.1) is 19.8 Å². The summed E-state index contributed by atoms with van der Waals surface area (Å²) in [5, 5.41) is 0.502. The fraction of sp³-hybridized carbons (Fsp3) is 0.692. The summed E-state index contributed by atoms with van der Waals surface area (Å²) in [5.74, 6) is 2.17. The van der Waals surface area contributed by atoms with E-state index in [0.29, 0.717) is 30.1 Å². The summed E-state index contributed by atoms with van der Waals surface area (Å²) in [5.41, 5.74) is 0. The Bertz CT molecular complexity index is 397. The standard InChI is InChI=1S/C13H20ClN3O2/c1-10-15-12(14)7-13(16-10)17-4-3-11(8-17)9-19-6-5-18-2/h7,11H,3-6,8-9H2,1-2H3. The third-order valence-electron chi connectivity index (χ3n) is 3.19. The van der Waals surface area contributed by atoms with Gasteiger partial charge in [0.15, 0.2) is 0 Å². The van der Waals surface area contributed by atoms with Gasteiger partial charge in [0.2, 0.25) is 0 Å². The second-order valence-electron chi connectivity index (χ2n) is 4.76. The van der Waals surface area contributed by atoms with Crippen molar-refractivity contribution in [2.45, 2.75) is 13.3 Å². The van der Waals surface area contributed by atoms with E-state index in [0.717, 1.165) is 31.9 Å². The summed E-state index contributed by atoms with van der Waals surface area (Å²) in [6, 6.07) is 1.82. The highest BCUT2D eigenvalue weighted by molar-refractivity contribution is 6.29. The van der Waals surface area contributed by atoms with Gasteiger partial charge in [0.1, 0.15) is 16.8 Å². The largest absolute Gasteiger partial charge is 0.382 e. The summed E-state index contributed by atoms with van der Waals surface area (Å²) < 4.78 is 10.5. The van der Waals surface area contributed by atoms with Gasteiger partial charge in [0.25, 0.3) is 0 Å². The van der Waals surface area contributed by atoms with E-state index in [9.17, 15) is 0 Å². The number of hydrogen-bond acceptors (Lipinski definition) is 5. The van der Waals surface area contributed by atoms with Crippen LogP contribution in [0.1, 0.15) is 12.2 Å². The van der Waals surface area contributed by atoms with Crippen LogP contribution in [-0.4, -0.2) is 50.0 Å². The number of ether oxygens (including phenoxy) is 2. The lowest BCUT2D eigenvalue weighted by Crippen LogP contribution is -2.23. The Morgan fingerprint density at radius 2 is 2.26 bits per heavy atom. The van der Waals surface area contributed by atoms with E-state index < -0.39 is 0 Å². The van der Waals surface area contributed by atoms with E-state index >= 15 is 0 Å². The van der Waals surface area contributed by atoms with Gasteiger partial charge >= 0.3 is 0 Å². The van der Waals surface area contributed by atoms with Gasteiger partial charge in [-0.3, -0.25) is 0 Å². The number of aryl methyl sites for hydroxylation is 1. The first kappa shape index (κ1) is 14.5. The molecule has 0 aromatic carbocycles. The summed E-state index contributed by atoms with van der Waals surface area (Å²) in [7, 11) is 1.68. The van der Waals surface area contributed by atoms with Crippen LogP contribution in [0.2, 0.25) is 5.15 Å². The molecule has 0 N–H and O–H groups in total. The van der Waals surface area contributed by atoms with Gasteiger partial charge in [0, 0.05) is 32.2 Å². The van der Waals surface area contributed by atoms with Gasteiger partial charge in [-0.25, -0.2) is 9.97 Å². The summed E-state index contributed by atoms with van der Waals surface area (Å²) in [6.07, 6.45) is 1.12. The van der Waals surface area contributed by atoms with Crippen molar-refractivity contribution in [1.29, 1.82) is 0 Å². The Balaban J connectivity index is 1.84. The first-order valence-electron chi connectivity index (χ1n) is 6.52. The normalized spacial score (nSPS) is 19.1. The molecule has 1 atom stereocenters. The molecule has 0 bridgehead atoms. The molecule has 0 saturated carbocycles. The molecular weight excluding hydrogens is 266 g/mol. The van der Waals surface area contributed by atoms with Crippen LogP contribution in [0, 0.1) is 12.8 Å². The van der Waals surface area contributed by atoms with Crippen molar-refractivity contribution in [2.24, 2.45) is 5.92 Å². The molecule has 1 aliphatic rings. The van der Waals surface area contributed by atoms with E-state index in [4.69, 9.17) is 21.1 Å². The van der Waals surface area contributed by atoms with Crippen LogP contribution in [0.4, 0.5) is 5.82 Å². The Labute approximate surface area is 118 Å². The molecule has 2 rings (SSSR count). The van der Waals surface area contributed by atoms with Crippen molar-refractivity contribution in [2.75, 3.05) is 44.9 Å². The maximum absolute atomic E-state index is 5.97. The fourth-order valence-electron chi connectivity index (χ4n) is 2.25. The van der Waals surface area contributed by atoms with Gasteiger partial charge in [-0.15, -0.1) is 0 Å². The molecule has 1 unspecified atom stereocenters. The highest BCUT2D eigenvalue weighted by atomic mass is 35.5. The molecule has 19 heavy (non-hydrogen) atoms. The maximum Gasteiger partial charge on any atom is 0.134 e. The van der Waals surface area contributed by atoms with Gasteiger partial charge in [-0.2, -0.15) is 0 Å². The molecule has 1 saturated heterocycles. The Morgan fingerprint density at radius 1 is 1.42 bits per heavy atom. The summed E-state index contributed by atoms with van der Waals surface area (Å²) in [4.78, 5) is 10.8. The molecule has 106 valence electrons. The van der Waals surface area contributed by atoms with E-state index in [1.807, 2.05) is 13.0 Å². The lowest BCUT2D eigenvalue weighted by Gasteiger charge is -2.18. The number of methoxy groups -OCH3 is 1. The van der Waals surface area contributed by atoms with E-state index in [1.54, 1.807) is 7.11 Å². The first-order chi connectivity index (χ1) is 9.19. The topological polar surface area (TPSA) is 47.5 Å². The number of halogens is 1. The predicted molar refractivity (Wildman–Crippen MR) is 74.8 cm³/mol. The minimum absolute atomic E-state index is 0.502. The molecule has 1 aliphatic heterocycles. The number of nitrogens with zero attached hydrogens (tertiary/aromatic N) is 3. The van der Waals surface area contributed by atoms with Crippen molar-refractivity contribution in [3.05, 3.63) is 17.0 Å². The minimum Gasteiger partial charge on any atom is -0.382 e. The average Bonchev–Trinajstić information content (AvgIpc) is 2.82. The van der Waals surface area contributed by atoms with Crippen LogP contribution < -0.4 is 4.90 Å². The third-order valence-corrected chi connectivity index (χ3v) is 3.38. The molecule has 0 aliphatic carbocycles. The van der Waals surface area contributed by atoms with Gasteiger partial charge in [-0.1, -0.05) is 11.6 Å². The fourth-order valence-corrected chi connectivity index (χ4v) is 2.47. The molecule has 0 spiro atoms. The molecule has 1 fully saturated rings. The van der Waals surface area contributed by atoms with Gasteiger partial charge in [-0.05, 0) is 13.3 Å². The van der Waals surface area contributed by atoms with Crippen LogP contribution in [0.15, 0.2) is 6.07 Å². The Hall–Kier alpha value is -0.910. The van der Waals surface area contributed by atoms with Crippen molar-refractivity contribution in [3.8, 4) is 0 Å². The Kier molecular flexibility index (Phi) is 5.36. The predicted octanol–water partition coefficient (Wildman–Crippen LogP) is 1.93. The van der Waals surface area contributed by atoms with E-state index in [2.05, 4.69) is 14.9 Å². The van der Waals surface area contributed by atoms with Crippen LogP contribution in [0.5, 0.6) is 0 Å². The zero-order chi connectivity index (χ0) is 13.7.